The standard InChI is InChI=1S/C75H106N18O15S/c1-8-41(6)63-74(107)88-57(36-94)66(99)82-35-59(96)83-52(25-15-17-27-76)68(101)93-64(42(7)95)75(108)87-56(31-45-34-81-51-24-14-11-21-48(45)51)71(104)90-61(39(2)3)72(105)85-53(26-16-18-28-77)67(100)86-55(30-44-33-80-50-23-13-10-20-47(44)50)70(103)91-62(40(4)5)73(106)89-58(65(78)98)37-109-38-60(97)84-54(69(102)92-63)29-43-32-79-49-22-12-9-19-46(43)49/h9-14,19-24,32-34,39-42,52-58,61-64,79-81,94-95H,8,15-18,25-31,35-38,76-77H2,1-7H3,(H2,78,98)(H,82,99)(H,83,96)(H,84,97)(H,85,105)(H,86,100)(H,87,108)(H,88,107)(H,89,106)(H,90,104)(H,91,103)(H,92,102)(H,93,101)/t41-,42+,52-,53+,54-,55-,56-,57-,58-,61-,62-,63-,64-/m0/s1. The van der Waals surface area contributed by atoms with Crippen molar-refractivity contribution in [3.8, 4) is 0 Å². The van der Waals surface area contributed by atoms with E-state index >= 15 is 4.79 Å². The molecule has 0 radical (unpaired) electrons. The predicted molar refractivity (Wildman–Crippen MR) is 410 cm³/mol. The van der Waals surface area contributed by atoms with Crippen LogP contribution in [0.15, 0.2) is 91.4 Å². The van der Waals surface area contributed by atoms with Crippen LogP contribution in [-0.4, -0.2) is 212 Å². The molecule has 0 spiro atoms. The van der Waals surface area contributed by atoms with Crippen LogP contribution in [0.4, 0.5) is 0 Å². The Kier molecular flexibility index (Phi) is 32.9. The molecule has 1 aliphatic rings. The molecule has 592 valence electrons. The number of fused-ring (bicyclic) bond motifs is 3. The normalized spacial score (nSPS) is 24.0. The lowest BCUT2D eigenvalue weighted by atomic mass is 9.96. The van der Waals surface area contributed by atoms with Crippen molar-refractivity contribution in [1.29, 1.82) is 0 Å². The third-order valence-electron chi connectivity index (χ3n) is 19.2. The first-order valence-electron chi connectivity index (χ1n) is 36.9. The minimum Gasteiger partial charge on any atom is -0.394 e. The first-order valence-corrected chi connectivity index (χ1v) is 38.0. The Morgan fingerprint density at radius 1 is 0.450 bits per heavy atom. The maximum Gasteiger partial charge on any atom is 0.245 e. The zero-order chi connectivity index (χ0) is 79.6. The van der Waals surface area contributed by atoms with Gasteiger partial charge in [-0.25, -0.2) is 0 Å². The molecule has 0 bridgehead atoms. The second-order valence-electron chi connectivity index (χ2n) is 28.2. The molecule has 13 atom stereocenters. The molecule has 1 fully saturated rings. The summed E-state index contributed by atoms with van der Waals surface area (Å²) in [7, 11) is 0. The van der Waals surface area contributed by atoms with Crippen molar-refractivity contribution >= 4 is 121 Å². The number of aliphatic hydroxyl groups is 2. The van der Waals surface area contributed by atoms with E-state index in [1.165, 1.54) is 6.92 Å². The van der Waals surface area contributed by atoms with E-state index in [4.69, 9.17) is 17.2 Å². The molecule has 1 aliphatic heterocycles. The Bertz CT molecular complexity index is 4160. The molecule has 0 unspecified atom stereocenters. The summed E-state index contributed by atoms with van der Waals surface area (Å²) in [6, 6.07) is 5.12. The van der Waals surface area contributed by atoms with Gasteiger partial charge in [0, 0.05) is 76.3 Å². The fourth-order valence-corrected chi connectivity index (χ4v) is 13.5. The van der Waals surface area contributed by atoms with Gasteiger partial charge in [-0.1, -0.05) is 103 Å². The van der Waals surface area contributed by atoms with Crippen molar-refractivity contribution in [2.45, 2.75) is 185 Å². The Morgan fingerprint density at radius 3 is 1.26 bits per heavy atom. The van der Waals surface area contributed by atoms with Gasteiger partial charge in [0.1, 0.15) is 66.5 Å². The van der Waals surface area contributed by atoms with Crippen LogP contribution in [0.25, 0.3) is 32.7 Å². The number of aromatic nitrogens is 3. The molecule has 33 nitrogen and oxygen atoms in total. The van der Waals surface area contributed by atoms with Crippen LogP contribution in [0.2, 0.25) is 0 Å². The molecular weight excluding hydrogens is 1430 g/mol. The minimum absolute atomic E-state index is 0.0232. The third kappa shape index (κ3) is 24.5. The van der Waals surface area contributed by atoms with Gasteiger partial charge in [0.15, 0.2) is 0 Å². The molecule has 109 heavy (non-hydrogen) atoms. The Morgan fingerprint density at radius 2 is 0.817 bits per heavy atom. The van der Waals surface area contributed by atoms with Gasteiger partial charge in [-0.05, 0) is 111 Å². The van der Waals surface area contributed by atoms with E-state index in [1.54, 1.807) is 115 Å². The van der Waals surface area contributed by atoms with Gasteiger partial charge in [-0.2, -0.15) is 0 Å². The van der Waals surface area contributed by atoms with Crippen LogP contribution in [-0.2, 0) is 81.6 Å². The van der Waals surface area contributed by atoms with Gasteiger partial charge in [0.05, 0.1) is 25.0 Å². The van der Waals surface area contributed by atoms with Crippen LogP contribution in [0, 0.1) is 17.8 Å². The molecule has 23 N–H and O–H groups in total. The quantitative estimate of drug-likeness (QED) is 0.0378. The number of para-hydroxylation sites is 3. The van der Waals surface area contributed by atoms with Crippen LogP contribution < -0.4 is 81.0 Å². The summed E-state index contributed by atoms with van der Waals surface area (Å²) >= 11 is 0.874. The fourth-order valence-electron chi connectivity index (χ4n) is 12.7. The summed E-state index contributed by atoms with van der Waals surface area (Å²) < 4.78 is 0. The lowest BCUT2D eigenvalue weighted by Gasteiger charge is -2.30. The number of unbranched alkanes of at least 4 members (excludes halogenated alkanes) is 2. The van der Waals surface area contributed by atoms with Crippen LogP contribution in [0.1, 0.15) is 110 Å². The number of benzene rings is 3. The van der Waals surface area contributed by atoms with Crippen molar-refractivity contribution in [3.63, 3.8) is 0 Å². The highest BCUT2D eigenvalue weighted by molar-refractivity contribution is 8.00. The second kappa shape index (κ2) is 41.8. The fraction of sp³-hybridized carbons (Fsp3) is 0.507. The first kappa shape index (κ1) is 85.8. The molecule has 0 saturated carbocycles. The van der Waals surface area contributed by atoms with E-state index in [9.17, 15) is 67.7 Å². The van der Waals surface area contributed by atoms with Gasteiger partial charge in [-0.3, -0.25) is 62.3 Å². The highest BCUT2D eigenvalue weighted by Gasteiger charge is 2.39. The highest BCUT2D eigenvalue weighted by atomic mass is 32.2. The summed E-state index contributed by atoms with van der Waals surface area (Å²) in [4.78, 5) is 197. The lowest BCUT2D eigenvalue weighted by molar-refractivity contribution is -0.137. The van der Waals surface area contributed by atoms with Crippen molar-refractivity contribution in [3.05, 3.63) is 108 Å². The number of aromatic amines is 3. The number of aliphatic hydroxyl groups excluding tert-OH is 2. The molecule has 13 amide bonds. The topological polar surface area (TPSA) is 532 Å². The summed E-state index contributed by atoms with van der Waals surface area (Å²) in [6.07, 6.45) is 4.30. The van der Waals surface area contributed by atoms with E-state index in [0.29, 0.717) is 75.1 Å². The minimum atomic E-state index is -1.81. The molecule has 3 aromatic heterocycles. The van der Waals surface area contributed by atoms with E-state index in [0.717, 1.165) is 11.8 Å². The van der Waals surface area contributed by atoms with Crippen LogP contribution >= 0.6 is 11.8 Å². The summed E-state index contributed by atoms with van der Waals surface area (Å²) in [5.74, 6) is -14.6. The number of primary amides is 1. The van der Waals surface area contributed by atoms with Gasteiger partial charge in [-0.15, -0.1) is 11.8 Å². The molecule has 34 heteroatoms. The summed E-state index contributed by atoms with van der Waals surface area (Å²) in [5, 5.41) is 55.5. The molecule has 7 rings (SSSR count). The number of thioether (sulfide) groups is 1. The largest absolute Gasteiger partial charge is 0.394 e. The highest BCUT2D eigenvalue weighted by Crippen LogP contribution is 2.24. The van der Waals surface area contributed by atoms with E-state index < -0.39 is 186 Å². The summed E-state index contributed by atoms with van der Waals surface area (Å²) in [6.45, 7) is 9.68. The third-order valence-corrected chi connectivity index (χ3v) is 20.2. The molecule has 6 aromatic rings. The number of nitrogens with two attached hydrogens (primary N) is 3. The Labute approximate surface area is 635 Å². The number of carbonyl (C=O) groups excluding carboxylic acids is 13. The number of amides is 13. The average molecular weight is 1530 g/mol. The SMILES string of the molecule is CC[C@H](C)[C@@H]1NC(=O)[C@H](Cc2c[nH]c3ccccc23)NC(=O)CSC[C@@H](C(N)=O)NC(=O)[C@H](C(C)C)NC(=O)[C@H](Cc2c[nH]c3ccccc23)NC(=O)[C@@H](CCCCN)NC(=O)[C@H](C(C)C)NC(=O)[C@H](Cc2c[nH]c3ccccc23)NC(=O)[C@H]([C@@H](C)O)NC(=O)[C@H](CCCCN)NC(=O)CNC(=O)[C@H](CO)NC1=O. The molecule has 3 aromatic carbocycles. The molecular formula is C75H106N18O15S. The van der Waals surface area contributed by atoms with Crippen molar-refractivity contribution < 1.29 is 72.5 Å². The van der Waals surface area contributed by atoms with Crippen LogP contribution in [0.5, 0.6) is 0 Å². The molecule has 4 heterocycles. The predicted octanol–water partition coefficient (Wildman–Crippen LogP) is -1.17. The summed E-state index contributed by atoms with van der Waals surface area (Å²) in [5.41, 5.74) is 21.4. The maximum absolute atomic E-state index is 15.0. The number of rotatable bonds is 21. The number of hydrogen-bond acceptors (Lipinski definition) is 18. The number of nitrogens with one attached hydrogen (secondary N) is 15. The van der Waals surface area contributed by atoms with E-state index in [-0.39, 0.29) is 57.4 Å². The van der Waals surface area contributed by atoms with Gasteiger partial charge >= 0.3 is 0 Å². The van der Waals surface area contributed by atoms with Crippen molar-refractivity contribution in [2.75, 3.05) is 37.7 Å². The van der Waals surface area contributed by atoms with E-state index in [1.807, 2.05) is 18.2 Å². The second-order valence-corrected chi connectivity index (χ2v) is 29.2. The zero-order valence-electron chi connectivity index (χ0n) is 62.5. The zero-order valence-corrected chi connectivity index (χ0v) is 63.3. The Hall–Kier alpha value is -10.4. The molecule has 1 saturated heterocycles. The van der Waals surface area contributed by atoms with Gasteiger partial charge in [0.25, 0.3) is 0 Å². The van der Waals surface area contributed by atoms with Crippen LogP contribution in [0.3, 0.4) is 0 Å². The lowest BCUT2D eigenvalue weighted by Crippen LogP contribution is -2.62. The van der Waals surface area contributed by atoms with Crippen molar-refractivity contribution in [1.82, 2.24) is 78.8 Å². The maximum atomic E-state index is 15.0. The monoisotopic (exact) mass is 1530 g/mol. The number of H-pyrrole nitrogens is 3. The smallest absolute Gasteiger partial charge is 0.245 e. The van der Waals surface area contributed by atoms with Gasteiger partial charge < -0.3 is 106 Å². The van der Waals surface area contributed by atoms with E-state index in [2.05, 4.69) is 78.8 Å². The van der Waals surface area contributed by atoms with Crippen molar-refractivity contribution in [2.24, 2.45) is 35.0 Å². The average Bonchev–Trinajstić information content (AvgIpc) is 1.51. The number of carbonyl (C=O) groups is 13. The Balaban J connectivity index is 1.25. The number of hydrogen-bond donors (Lipinski definition) is 20. The van der Waals surface area contributed by atoms with Gasteiger partial charge in [0.2, 0.25) is 76.8 Å². The molecule has 0 aliphatic carbocycles. The first-order chi connectivity index (χ1) is 52.0.